The highest BCUT2D eigenvalue weighted by Gasteiger charge is 2.17. The molecule has 0 saturated heterocycles. The lowest BCUT2D eigenvalue weighted by Gasteiger charge is -2.08. The number of hydrogen-bond acceptors (Lipinski definition) is 5. The molecule has 5 heteroatoms. The van der Waals surface area contributed by atoms with Crippen LogP contribution in [-0.2, 0) is 0 Å². The first-order valence-electron chi connectivity index (χ1n) is 7.78. The lowest BCUT2D eigenvalue weighted by Crippen LogP contribution is -1.96. The molecule has 0 radical (unpaired) electrons. The van der Waals surface area contributed by atoms with Crippen molar-refractivity contribution in [1.29, 1.82) is 0 Å². The van der Waals surface area contributed by atoms with E-state index in [0.29, 0.717) is 5.82 Å². The zero-order chi connectivity index (χ0) is 16.7. The molecule has 120 valence electrons. The monoisotopic (exact) mass is 319 g/mol. The van der Waals surface area contributed by atoms with Crippen molar-refractivity contribution in [2.75, 3.05) is 5.32 Å². The van der Waals surface area contributed by atoms with Crippen LogP contribution in [0.4, 0.5) is 11.5 Å². The van der Waals surface area contributed by atoms with E-state index in [1.54, 1.807) is 0 Å². The second-order valence-electron chi connectivity index (χ2n) is 5.82. The SMILES string of the molecule is Cc1cc2cc(-c3c(C)noc3C)nc(Nc3ccccc3)c2o1. The van der Waals surface area contributed by atoms with E-state index in [1.807, 2.05) is 63.2 Å². The van der Waals surface area contributed by atoms with Crippen LogP contribution < -0.4 is 5.32 Å². The number of nitrogens with zero attached hydrogens (tertiary/aromatic N) is 2. The van der Waals surface area contributed by atoms with Crippen LogP contribution in [0.3, 0.4) is 0 Å². The van der Waals surface area contributed by atoms with Gasteiger partial charge in [-0.25, -0.2) is 4.98 Å². The molecule has 0 unspecified atom stereocenters. The number of aromatic nitrogens is 2. The van der Waals surface area contributed by atoms with Crippen LogP contribution in [0, 0.1) is 20.8 Å². The second-order valence-corrected chi connectivity index (χ2v) is 5.82. The molecule has 5 nitrogen and oxygen atoms in total. The molecule has 3 aromatic heterocycles. The van der Waals surface area contributed by atoms with Gasteiger partial charge in [-0.1, -0.05) is 23.4 Å². The van der Waals surface area contributed by atoms with Crippen molar-refractivity contribution in [1.82, 2.24) is 10.1 Å². The van der Waals surface area contributed by atoms with Crippen molar-refractivity contribution in [2.45, 2.75) is 20.8 Å². The largest absolute Gasteiger partial charge is 0.457 e. The van der Waals surface area contributed by atoms with Gasteiger partial charge in [0.05, 0.1) is 17.0 Å². The minimum atomic E-state index is 0.682. The molecule has 0 spiro atoms. The summed E-state index contributed by atoms with van der Waals surface area (Å²) in [7, 11) is 0. The molecule has 0 atom stereocenters. The number of rotatable bonds is 3. The first-order valence-corrected chi connectivity index (χ1v) is 7.78. The Morgan fingerprint density at radius 1 is 1.00 bits per heavy atom. The Hall–Kier alpha value is -3.08. The highest BCUT2D eigenvalue weighted by atomic mass is 16.5. The Morgan fingerprint density at radius 3 is 2.50 bits per heavy atom. The van der Waals surface area contributed by atoms with Gasteiger partial charge in [0.15, 0.2) is 11.4 Å². The summed E-state index contributed by atoms with van der Waals surface area (Å²) < 4.78 is 11.1. The zero-order valence-corrected chi connectivity index (χ0v) is 13.8. The van der Waals surface area contributed by atoms with E-state index >= 15 is 0 Å². The number of anilines is 2. The van der Waals surface area contributed by atoms with Crippen molar-refractivity contribution in [3.8, 4) is 11.3 Å². The van der Waals surface area contributed by atoms with Crippen LogP contribution in [-0.4, -0.2) is 10.1 Å². The molecule has 0 aliphatic heterocycles. The predicted molar refractivity (Wildman–Crippen MR) is 93.4 cm³/mol. The molecule has 0 fully saturated rings. The maximum atomic E-state index is 5.84. The quantitative estimate of drug-likeness (QED) is 0.565. The Morgan fingerprint density at radius 2 is 1.79 bits per heavy atom. The van der Waals surface area contributed by atoms with E-state index in [2.05, 4.69) is 10.5 Å². The number of nitrogens with one attached hydrogen (secondary N) is 1. The minimum Gasteiger partial charge on any atom is -0.457 e. The molecule has 0 bridgehead atoms. The van der Waals surface area contributed by atoms with Gasteiger partial charge in [-0.2, -0.15) is 0 Å². The first-order chi connectivity index (χ1) is 11.6. The fourth-order valence-electron chi connectivity index (χ4n) is 2.90. The van der Waals surface area contributed by atoms with Gasteiger partial charge < -0.3 is 14.3 Å². The summed E-state index contributed by atoms with van der Waals surface area (Å²) in [5.74, 6) is 2.28. The summed E-state index contributed by atoms with van der Waals surface area (Å²) in [6.07, 6.45) is 0. The van der Waals surface area contributed by atoms with Gasteiger partial charge in [-0.05, 0) is 45.0 Å². The fourth-order valence-corrected chi connectivity index (χ4v) is 2.90. The molecule has 3 heterocycles. The number of para-hydroxylation sites is 1. The van der Waals surface area contributed by atoms with Crippen molar-refractivity contribution in [3.05, 3.63) is 59.7 Å². The van der Waals surface area contributed by atoms with Crippen LogP contribution in [0.1, 0.15) is 17.2 Å². The lowest BCUT2D eigenvalue weighted by molar-refractivity contribution is 0.393. The standard InChI is InChI=1S/C19H17N3O2/c1-11-9-14-10-16(17-12(2)22-24-13(17)3)21-19(18(14)23-11)20-15-7-5-4-6-8-15/h4-10H,1-3H3,(H,20,21). The van der Waals surface area contributed by atoms with Gasteiger partial charge in [-0.3, -0.25) is 0 Å². The molecule has 4 rings (SSSR count). The van der Waals surface area contributed by atoms with Gasteiger partial charge in [0.2, 0.25) is 0 Å². The normalized spacial score (nSPS) is 11.1. The van der Waals surface area contributed by atoms with E-state index in [0.717, 1.165) is 45.1 Å². The molecule has 24 heavy (non-hydrogen) atoms. The predicted octanol–water partition coefficient (Wildman–Crippen LogP) is 5.15. The summed E-state index contributed by atoms with van der Waals surface area (Å²) in [6, 6.07) is 13.9. The summed E-state index contributed by atoms with van der Waals surface area (Å²) in [5, 5.41) is 8.37. The number of furan rings is 1. The Kier molecular flexibility index (Phi) is 3.34. The second kappa shape index (κ2) is 5.53. The van der Waals surface area contributed by atoms with Crippen LogP contribution in [0.15, 0.2) is 51.4 Å². The van der Waals surface area contributed by atoms with E-state index < -0.39 is 0 Å². The summed E-state index contributed by atoms with van der Waals surface area (Å²) in [5.41, 5.74) is 4.26. The number of hydrogen-bond donors (Lipinski definition) is 1. The molecule has 1 N–H and O–H groups in total. The summed E-state index contributed by atoms with van der Waals surface area (Å²) >= 11 is 0. The maximum absolute atomic E-state index is 5.84. The molecule has 0 saturated carbocycles. The highest BCUT2D eigenvalue weighted by Crippen LogP contribution is 2.34. The van der Waals surface area contributed by atoms with Crippen LogP contribution in [0.5, 0.6) is 0 Å². The van der Waals surface area contributed by atoms with E-state index in [1.165, 1.54) is 0 Å². The van der Waals surface area contributed by atoms with Gasteiger partial charge in [0.25, 0.3) is 0 Å². The Balaban J connectivity index is 1.91. The van der Waals surface area contributed by atoms with Crippen molar-refractivity contribution < 1.29 is 8.94 Å². The maximum Gasteiger partial charge on any atom is 0.176 e. The number of fused-ring (bicyclic) bond motifs is 1. The molecular weight excluding hydrogens is 302 g/mol. The third kappa shape index (κ3) is 2.44. The first kappa shape index (κ1) is 14.5. The molecule has 0 aliphatic carbocycles. The number of pyridine rings is 1. The van der Waals surface area contributed by atoms with E-state index in [4.69, 9.17) is 13.9 Å². The highest BCUT2D eigenvalue weighted by molar-refractivity contribution is 5.92. The van der Waals surface area contributed by atoms with Crippen molar-refractivity contribution in [2.24, 2.45) is 0 Å². The average molecular weight is 319 g/mol. The third-order valence-corrected chi connectivity index (χ3v) is 3.95. The van der Waals surface area contributed by atoms with Gasteiger partial charge in [0.1, 0.15) is 11.5 Å². The molecular formula is C19H17N3O2. The van der Waals surface area contributed by atoms with Crippen LogP contribution in [0.25, 0.3) is 22.2 Å². The van der Waals surface area contributed by atoms with Crippen LogP contribution in [0.2, 0.25) is 0 Å². The molecule has 0 aliphatic rings. The zero-order valence-electron chi connectivity index (χ0n) is 13.8. The minimum absolute atomic E-state index is 0.682. The van der Waals surface area contributed by atoms with Gasteiger partial charge in [0, 0.05) is 11.1 Å². The number of benzene rings is 1. The van der Waals surface area contributed by atoms with Gasteiger partial charge in [-0.15, -0.1) is 0 Å². The van der Waals surface area contributed by atoms with E-state index in [9.17, 15) is 0 Å². The van der Waals surface area contributed by atoms with Crippen LogP contribution >= 0.6 is 0 Å². The number of aryl methyl sites for hydroxylation is 3. The van der Waals surface area contributed by atoms with Crippen molar-refractivity contribution in [3.63, 3.8) is 0 Å². The molecule has 1 aromatic carbocycles. The summed E-state index contributed by atoms with van der Waals surface area (Å²) in [4.78, 5) is 4.77. The lowest BCUT2D eigenvalue weighted by atomic mass is 10.1. The fraction of sp³-hybridized carbons (Fsp3) is 0.158. The third-order valence-electron chi connectivity index (χ3n) is 3.95. The molecule has 4 aromatic rings. The topological polar surface area (TPSA) is 64.1 Å². The molecule has 0 amide bonds. The average Bonchev–Trinajstić information content (AvgIpc) is 3.10. The Bertz CT molecular complexity index is 996. The Labute approximate surface area is 139 Å². The van der Waals surface area contributed by atoms with Crippen molar-refractivity contribution >= 4 is 22.5 Å². The smallest absolute Gasteiger partial charge is 0.176 e. The van der Waals surface area contributed by atoms with Gasteiger partial charge >= 0.3 is 0 Å². The summed E-state index contributed by atoms with van der Waals surface area (Å²) in [6.45, 7) is 5.75. The van der Waals surface area contributed by atoms with E-state index in [-0.39, 0.29) is 0 Å².